The SMILES string of the molecule is c1csc(-c2cc(-c3nc(-c4n[nH]c5ccccc45)no3)n[nH]2)c1. The molecule has 116 valence electrons. The number of nitrogens with zero attached hydrogens (tertiary/aromatic N) is 4. The van der Waals surface area contributed by atoms with Crippen LogP contribution >= 0.6 is 11.3 Å². The largest absolute Gasteiger partial charge is 0.332 e. The molecule has 7 nitrogen and oxygen atoms in total. The number of aromatic nitrogens is 6. The maximum Gasteiger partial charge on any atom is 0.278 e. The number of aromatic amines is 2. The summed E-state index contributed by atoms with van der Waals surface area (Å²) < 4.78 is 5.36. The number of nitrogens with one attached hydrogen (secondary N) is 2. The van der Waals surface area contributed by atoms with Gasteiger partial charge in [0.05, 0.1) is 16.1 Å². The average Bonchev–Trinajstić information content (AvgIpc) is 3.40. The van der Waals surface area contributed by atoms with Gasteiger partial charge in [-0.25, -0.2) is 0 Å². The minimum absolute atomic E-state index is 0.358. The van der Waals surface area contributed by atoms with Crippen molar-refractivity contribution in [3.05, 3.63) is 47.8 Å². The standard InChI is InChI=1S/C16H10N6OS/c1-2-5-10-9(4-1)14(21-18-10)15-17-16(23-22-15)12-8-11(19-20-12)13-6-3-7-24-13/h1-8H,(H,18,21)(H,19,20). The highest BCUT2D eigenvalue weighted by molar-refractivity contribution is 7.13. The van der Waals surface area contributed by atoms with Crippen LogP contribution in [0, 0.1) is 0 Å². The summed E-state index contributed by atoms with van der Waals surface area (Å²) in [4.78, 5) is 5.53. The zero-order chi connectivity index (χ0) is 15.9. The summed E-state index contributed by atoms with van der Waals surface area (Å²) in [6.07, 6.45) is 0. The Bertz CT molecular complexity index is 1120. The lowest BCUT2D eigenvalue weighted by molar-refractivity contribution is 0.430. The molecule has 0 amide bonds. The van der Waals surface area contributed by atoms with E-state index < -0.39 is 0 Å². The van der Waals surface area contributed by atoms with E-state index in [4.69, 9.17) is 4.52 Å². The number of H-pyrrole nitrogens is 2. The molecule has 4 heterocycles. The van der Waals surface area contributed by atoms with Crippen LogP contribution in [-0.4, -0.2) is 30.5 Å². The number of thiophene rings is 1. The summed E-state index contributed by atoms with van der Waals surface area (Å²) in [5.74, 6) is 0.791. The molecular formula is C16H10N6OS. The lowest BCUT2D eigenvalue weighted by Gasteiger charge is -1.88. The fourth-order valence-corrected chi connectivity index (χ4v) is 3.24. The Morgan fingerprint density at radius 1 is 1.00 bits per heavy atom. The Balaban J connectivity index is 1.54. The molecule has 5 aromatic rings. The summed E-state index contributed by atoms with van der Waals surface area (Å²) >= 11 is 1.64. The second-order valence-electron chi connectivity index (χ2n) is 5.19. The molecule has 0 unspecified atom stereocenters. The van der Waals surface area contributed by atoms with Crippen LogP contribution in [0.4, 0.5) is 0 Å². The molecule has 0 spiro atoms. The molecule has 2 N–H and O–H groups in total. The van der Waals surface area contributed by atoms with Gasteiger partial charge in [-0.3, -0.25) is 10.2 Å². The van der Waals surface area contributed by atoms with Crippen molar-refractivity contribution in [1.82, 2.24) is 30.5 Å². The van der Waals surface area contributed by atoms with Gasteiger partial charge in [-0.1, -0.05) is 29.4 Å². The summed E-state index contributed by atoms with van der Waals surface area (Å²) in [6.45, 7) is 0. The van der Waals surface area contributed by atoms with Crippen LogP contribution in [0.25, 0.3) is 44.6 Å². The van der Waals surface area contributed by atoms with E-state index in [0.717, 1.165) is 21.5 Å². The Morgan fingerprint density at radius 3 is 2.88 bits per heavy atom. The van der Waals surface area contributed by atoms with Crippen molar-refractivity contribution < 1.29 is 4.52 Å². The summed E-state index contributed by atoms with van der Waals surface area (Å²) in [5.41, 5.74) is 3.12. The Hall–Kier alpha value is -3.26. The molecule has 4 aromatic heterocycles. The molecule has 0 aliphatic carbocycles. The molecular weight excluding hydrogens is 324 g/mol. The molecule has 0 bridgehead atoms. The van der Waals surface area contributed by atoms with Crippen molar-refractivity contribution in [2.45, 2.75) is 0 Å². The van der Waals surface area contributed by atoms with Crippen molar-refractivity contribution >= 4 is 22.2 Å². The van der Waals surface area contributed by atoms with E-state index in [1.807, 2.05) is 47.8 Å². The molecule has 0 saturated carbocycles. The van der Waals surface area contributed by atoms with E-state index in [1.165, 1.54) is 0 Å². The van der Waals surface area contributed by atoms with Gasteiger partial charge in [-0.2, -0.15) is 15.2 Å². The van der Waals surface area contributed by atoms with Gasteiger partial charge in [0.2, 0.25) is 5.82 Å². The van der Waals surface area contributed by atoms with E-state index in [1.54, 1.807) is 11.3 Å². The lowest BCUT2D eigenvalue weighted by Crippen LogP contribution is -1.82. The molecule has 0 radical (unpaired) electrons. The van der Waals surface area contributed by atoms with Gasteiger partial charge in [-0.05, 0) is 23.6 Å². The van der Waals surface area contributed by atoms with Crippen molar-refractivity contribution in [3.63, 3.8) is 0 Å². The second-order valence-corrected chi connectivity index (χ2v) is 6.13. The molecule has 24 heavy (non-hydrogen) atoms. The van der Waals surface area contributed by atoms with Crippen LogP contribution in [0.2, 0.25) is 0 Å². The van der Waals surface area contributed by atoms with E-state index in [2.05, 4.69) is 30.5 Å². The Kier molecular flexibility index (Phi) is 2.83. The minimum atomic E-state index is 0.358. The first-order valence-electron chi connectivity index (χ1n) is 7.25. The fourth-order valence-electron chi connectivity index (χ4n) is 2.55. The molecule has 5 rings (SSSR count). The first-order valence-corrected chi connectivity index (χ1v) is 8.13. The van der Waals surface area contributed by atoms with Gasteiger partial charge in [0, 0.05) is 5.39 Å². The number of hydrogen-bond donors (Lipinski definition) is 2. The molecule has 0 saturated heterocycles. The first-order chi connectivity index (χ1) is 11.9. The average molecular weight is 334 g/mol. The second kappa shape index (κ2) is 5.14. The van der Waals surface area contributed by atoms with Gasteiger partial charge in [0.1, 0.15) is 5.69 Å². The van der Waals surface area contributed by atoms with Crippen LogP contribution in [0.15, 0.2) is 52.4 Å². The molecule has 0 aliphatic heterocycles. The van der Waals surface area contributed by atoms with Crippen LogP contribution in [0.1, 0.15) is 0 Å². The zero-order valence-corrected chi connectivity index (χ0v) is 13.0. The van der Waals surface area contributed by atoms with Crippen molar-refractivity contribution in [1.29, 1.82) is 0 Å². The van der Waals surface area contributed by atoms with Crippen molar-refractivity contribution in [2.75, 3.05) is 0 Å². The number of rotatable bonds is 3. The number of fused-ring (bicyclic) bond motifs is 1. The predicted molar refractivity (Wildman–Crippen MR) is 90.3 cm³/mol. The van der Waals surface area contributed by atoms with Crippen LogP contribution < -0.4 is 0 Å². The van der Waals surface area contributed by atoms with E-state index in [0.29, 0.717) is 23.1 Å². The molecule has 8 heteroatoms. The summed E-state index contributed by atoms with van der Waals surface area (Å²) in [7, 11) is 0. The van der Waals surface area contributed by atoms with Crippen LogP contribution in [0.3, 0.4) is 0 Å². The molecule has 0 fully saturated rings. The smallest absolute Gasteiger partial charge is 0.278 e. The third kappa shape index (κ3) is 2.04. The number of hydrogen-bond acceptors (Lipinski definition) is 6. The molecule has 0 atom stereocenters. The third-order valence-electron chi connectivity index (χ3n) is 3.69. The minimum Gasteiger partial charge on any atom is -0.332 e. The Labute approximate surface area is 139 Å². The van der Waals surface area contributed by atoms with Crippen molar-refractivity contribution in [2.24, 2.45) is 0 Å². The highest BCUT2D eigenvalue weighted by Gasteiger charge is 2.17. The van der Waals surface area contributed by atoms with Crippen LogP contribution in [0.5, 0.6) is 0 Å². The Morgan fingerprint density at radius 2 is 1.96 bits per heavy atom. The third-order valence-corrected chi connectivity index (χ3v) is 4.59. The predicted octanol–water partition coefficient (Wildman–Crippen LogP) is 3.73. The number of benzene rings is 1. The number of para-hydroxylation sites is 1. The van der Waals surface area contributed by atoms with E-state index >= 15 is 0 Å². The van der Waals surface area contributed by atoms with Gasteiger partial charge in [0.15, 0.2) is 5.69 Å². The highest BCUT2D eigenvalue weighted by Crippen LogP contribution is 2.28. The van der Waals surface area contributed by atoms with Crippen molar-refractivity contribution in [3.8, 4) is 33.7 Å². The quantitative estimate of drug-likeness (QED) is 0.524. The van der Waals surface area contributed by atoms with E-state index in [-0.39, 0.29) is 0 Å². The maximum absolute atomic E-state index is 5.36. The van der Waals surface area contributed by atoms with Gasteiger partial charge >= 0.3 is 0 Å². The van der Waals surface area contributed by atoms with Gasteiger partial charge < -0.3 is 4.52 Å². The molecule has 1 aromatic carbocycles. The lowest BCUT2D eigenvalue weighted by atomic mass is 10.2. The zero-order valence-electron chi connectivity index (χ0n) is 12.2. The normalized spacial score (nSPS) is 11.3. The molecule has 0 aliphatic rings. The van der Waals surface area contributed by atoms with Crippen LogP contribution in [-0.2, 0) is 0 Å². The fraction of sp³-hybridized carbons (Fsp3) is 0. The van der Waals surface area contributed by atoms with E-state index in [9.17, 15) is 0 Å². The summed E-state index contributed by atoms with van der Waals surface area (Å²) in [6, 6.07) is 13.7. The monoisotopic (exact) mass is 334 g/mol. The maximum atomic E-state index is 5.36. The van der Waals surface area contributed by atoms with Gasteiger partial charge in [-0.15, -0.1) is 11.3 Å². The topological polar surface area (TPSA) is 96.3 Å². The first kappa shape index (κ1) is 13.2. The highest BCUT2D eigenvalue weighted by atomic mass is 32.1. The van der Waals surface area contributed by atoms with Gasteiger partial charge in [0.25, 0.3) is 5.89 Å². The summed E-state index contributed by atoms with van der Waals surface area (Å²) in [5, 5.41) is 21.5.